The molecule has 0 aromatic carbocycles. The minimum atomic E-state index is 0.284. The van der Waals surface area contributed by atoms with Gasteiger partial charge in [-0.2, -0.15) is 0 Å². The van der Waals surface area contributed by atoms with Crippen molar-refractivity contribution in [2.24, 2.45) is 0 Å². The van der Waals surface area contributed by atoms with E-state index in [1.54, 1.807) is 6.92 Å². The molecule has 3 heteroatoms. The molecule has 1 heterocycles. The molecule has 78 valence electrons. The lowest BCUT2D eigenvalue weighted by molar-refractivity contribution is -0.117. The number of rotatable bonds is 6. The van der Waals surface area contributed by atoms with Gasteiger partial charge in [-0.15, -0.1) is 0 Å². The van der Waals surface area contributed by atoms with Crippen LogP contribution in [0.3, 0.4) is 0 Å². The zero-order valence-corrected chi connectivity index (χ0v) is 8.99. The van der Waals surface area contributed by atoms with Gasteiger partial charge < -0.3 is 9.36 Å². The number of carbonyl (C=O) groups excluding carboxylic acids is 1. The lowest BCUT2D eigenvalue weighted by Gasteiger charge is -2.05. The van der Waals surface area contributed by atoms with E-state index in [0.717, 1.165) is 31.6 Å². The number of aryl methyl sites for hydroxylation is 2. The molecule has 0 aliphatic heterocycles. The van der Waals surface area contributed by atoms with Crippen LogP contribution in [0.4, 0.5) is 0 Å². The summed E-state index contributed by atoms with van der Waals surface area (Å²) in [6.45, 7) is 4.74. The van der Waals surface area contributed by atoms with Crippen molar-refractivity contribution >= 4 is 5.78 Å². The SMILES string of the molecule is CCc1nccn1CCCCC(C)=O. The van der Waals surface area contributed by atoms with Crippen molar-refractivity contribution in [2.75, 3.05) is 0 Å². The van der Waals surface area contributed by atoms with Gasteiger partial charge in [0.1, 0.15) is 11.6 Å². The molecular formula is C11H18N2O. The molecule has 0 saturated carbocycles. The van der Waals surface area contributed by atoms with Gasteiger partial charge >= 0.3 is 0 Å². The molecule has 3 nitrogen and oxygen atoms in total. The summed E-state index contributed by atoms with van der Waals surface area (Å²) < 4.78 is 2.17. The second-order valence-electron chi connectivity index (χ2n) is 3.55. The Balaban J connectivity index is 2.27. The summed E-state index contributed by atoms with van der Waals surface area (Å²) in [4.78, 5) is 15.0. The summed E-state index contributed by atoms with van der Waals surface area (Å²) in [6.07, 6.45) is 7.56. The van der Waals surface area contributed by atoms with Crippen LogP contribution in [0, 0.1) is 0 Å². The highest BCUT2D eigenvalue weighted by Crippen LogP contribution is 2.03. The third-order valence-electron chi connectivity index (χ3n) is 2.30. The molecule has 0 N–H and O–H groups in total. The first-order valence-corrected chi connectivity index (χ1v) is 5.23. The Kier molecular flexibility index (Phi) is 4.36. The van der Waals surface area contributed by atoms with Crippen molar-refractivity contribution in [3.05, 3.63) is 18.2 Å². The van der Waals surface area contributed by atoms with Crippen molar-refractivity contribution in [1.29, 1.82) is 0 Å². The summed E-state index contributed by atoms with van der Waals surface area (Å²) >= 11 is 0. The van der Waals surface area contributed by atoms with E-state index in [1.165, 1.54) is 0 Å². The maximum absolute atomic E-state index is 10.7. The predicted octanol–water partition coefficient (Wildman–Crippen LogP) is 2.20. The average Bonchev–Trinajstić information content (AvgIpc) is 2.59. The fraction of sp³-hybridized carbons (Fsp3) is 0.636. The lowest BCUT2D eigenvalue weighted by atomic mass is 10.2. The van der Waals surface area contributed by atoms with E-state index in [-0.39, 0.29) is 5.78 Å². The Morgan fingerprint density at radius 3 is 2.93 bits per heavy atom. The van der Waals surface area contributed by atoms with Gasteiger partial charge in [-0.05, 0) is 19.8 Å². The van der Waals surface area contributed by atoms with E-state index in [0.29, 0.717) is 6.42 Å². The number of carbonyl (C=O) groups is 1. The first kappa shape index (κ1) is 11.0. The van der Waals surface area contributed by atoms with E-state index >= 15 is 0 Å². The zero-order valence-electron chi connectivity index (χ0n) is 8.99. The van der Waals surface area contributed by atoms with Gasteiger partial charge in [0.05, 0.1) is 0 Å². The number of nitrogens with zero attached hydrogens (tertiary/aromatic N) is 2. The summed E-state index contributed by atoms with van der Waals surface area (Å²) in [5.41, 5.74) is 0. The molecular weight excluding hydrogens is 176 g/mol. The van der Waals surface area contributed by atoms with Crippen LogP contribution in [0.25, 0.3) is 0 Å². The summed E-state index contributed by atoms with van der Waals surface area (Å²) in [5, 5.41) is 0. The smallest absolute Gasteiger partial charge is 0.129 e. The Morgan fingerprint density at radius 1 is 1.50 bits per heavy atom. The maximum Gasteiger partial charge on any atom is 0.129 e. The maximum atomic E-state index is 10.7. The Hall–Kier alpha value is -1.12. The minimum absolute atomic E-state index is 0.284. The third-order valence-corrected chi connectivity index (χ3v) is 2.30. The largest absolute Gasteiger partial charge is 0.335 e. The normalized spacial score (nSPS) is 10.4. The lowest BCUT2D eigenvalue weighted by Crippen LogP contribution is -2.02. The first-order valence-electron chi connectivity index (χ1n) is 5.23. The van der Waals surface area contributed by atoms with Crippen LogP contribution < -0.4 is 0 Å². The third kappa shape index (κ3) is 3.32. The molecule has 0 atom stereocenters. The van der Waals surface area contributed by atoms with Crippen LogP contribution in [0.2, 0.25) is 0 Å². The van der Waals surface area contributed by atoms with E-state index in [1.807, 2.05) is 12.4 Å². The molecule has 0 aliphatic carbocycles. The fourth-order valence-electron chi connectivity index (χ4n) is 1.51. The highest BCUT2D eigenvalue weighted by atomic mass is 16.1. The number of unbranched alkanes of at least 4 members (excludes halogenated alkanes) is 1. The van der Waals surface area contributed by atoms with E-state index < -0.39 is 0 Å². The van der Waals surface area contributed by atoms with Gasteiger partial charge in [0.2, 0.25) is 0 Å². The molecule has 0 fully saturated rings. The molecule has 0 unspecified atom stereocenters. The summed E-state index contributed by atoms with van der Waals surface area (Å²) in [6, 6.07) is 0. The highest BCUT2D eigenvalue weighted by Gasteiger charge is 1.99. The van der Waals surface area contributed by atoms with Gasteiger partial charge in [0.15, 0.2) is 0 Å². The fourth-order valence-corrected chi connectivity index (χ4v) is 1.51. The standard InChI is InChI=1S/C11H18N2O/c1-3-11-12-7-9-13(11)8-5-4-6-10(2)14/h7,9H,3-6,8H2,1-2H3. The molecule has 1 aromatic rings. The van der Waals surface area contributed by atoms with Crippen LogP contribution in [0.15, 0.2) is 12.4 Å². The number of imidazole rings is 1. The summed E-state index contributed by atoms with van der Waals surface area (Å²) in [7, 11) is 0. The summed E-state index contributed by atoms with van der Waals surface area (Å²) in [5.74, 6) is 1.42. The van der Waals surface area contributed by atoms with Gasteiger partial charge in [0, 0.05) is 31.8 Å². The Labute approximate surface area is 85.2 Å². The van der Waals surface area contributed by atoms with Gasteiger partial charge in [-0.25, -0.2) is 4.98 Å². The van der Waals surface area contributed by atoms with Crippen LogP contribution >= 0.6 is 0 Å². The second-order valence-corrected chi connectivity index (χ2v) is 3.55. The molecule has 0 amide bonds. The molecule has 1 rings (SSSR count). The highest BCUT2D eigenvalue weighted by molar-refractivity contribution is 5.75. The van der Waals surface area contributed by atoms with E-state index in [4.69, 9.17) is 0 Å². The van der Waals surface area contributed by atoms with Crippen molar-refractivity contribution in [3.63, 3.8) is 0 Å². The molecule has 0 bridgehead atoms. The average molecular weight is 194 g/mol. The van der Waals surface area contributed by atoms with E-state index in [2.05, 4.69) is 16.5 Å². The van der Waals surface area contributed by atoms with Crippen molar-refractivity contribution in [1.82, 2.24) is 9.55 Å². The molecule has 1 aromatic heterocycles. The zero-order chi connectivity index (χ0) is 10.4. The number of hydrogen-bond donors (Lipinski definition) is 0. The second kappa shape index (κ2) is 5.58. The molecule has 0 radical (unpaired) electrons. The van der Waals surface area contributed by atoms with Crippen LogP contribution in [0.5, 0.6) is 0 Å². The molecule has 0 spiro atoms. The number of Topliss-reactive ketones (excluding diaryl/α,β-unsaturated/α-hetero) is 1. The Morgan fingerprint density at radius 2 is 2.29 bits per heavy atom. The van der Waals surface area contributed by atoms with Crippen LogP contribution in [0.1, 0.15) is 38.9 Å². The molecule has 14 heavy (non-hydrogen) atoms. The topological polar surface area (TPSA) is 34.9 Å². The predicted molar refractivity (Wildman–Crippen MR) is 56.1 cm³/mol. The molecule has 0 aliphatic rings. The number of aromatic nitrogens is 2. The molecule has 0 saturated heterocycles. The van der Waals surface area contributed by atoms with Crippen LogP contribution in [-0.2, 0) is 17.8 Å². The monoisotopic (exact) mass is 194 g/mol. The van der Waals surface area contributed by atoms with Gasteiger partial charge in [-0.1, -0.05) is 6.92 Å². The quantitative estimate of drug-likeness (QED) is 0.651. The minimum Gasteiger partial charge on any atom is -0.335 e. The number of hydrogen-bond acceptors (Lipinski definition) is 2. The van der Waals surface area contributed by atoms with Crippen molar-refractivity contribution < 1.29 is 4.79 Å². The van der Waals surface area contributed by atoms with Gasteiger partial charge in [-0.3, -0.25) is 0 Å². The Bertz CT molecular complexity index is 291. The van der Waals surface area contributed by atoms with Crippen molar-refractivity contribution in [3.8, 4) is 0 Å². The first-order chi connectivity index (χ1) is 6.74. The van der Waals surface area contributed by atoms with Crippen molar-refractivity contribution in [2.45, 2.75) is 46.1 Å². The van der Waals surface area contributed by atoms with Crippen LogP contribution in [-0.4, -0.2) is 15.3 Å². The van der Waals surface area contributed by atoms with Gasteiger partial charge in [0.25, 0.3) is 0 Å². The number of ketones is 1. The van der Waals surface area contributed by atoms with E-state index in [9.17, 15) is 4.79 Å².